The Labute approximate surface area is 145 Å². The van der Waals surface area contributed by atoms with Gasteiger partial charge >= 0.3 is 0 Å². The molecule has 2 aliphatic rings. The standard InChI is InChI=1S/C18H19N5O2/c24-16-13-15(17(25)23(16)14-5-2-1-3-6-14)21-9-11-22(12-10-21)18-19-7-4-8-20-18/h1-8,15H,9-13H2/p+1/t15-/m0/s1. The first-order chi connectivity index (χ1) is 12.2. The Morgan fingerprint density at radius 3 is 2.32 bits per heavy atom. The van der Waals surface area contributed by atoms with Gasteiger partial charge in [-0.3, -0.25) is 9.59 Å². The van der Waals surface area contributed by atoms with Gasteiger partial charge in [-0.2, -0.15) is 0 Å². The van der Waals surface area contributed by atoms with Gasteiger partial charge in [-0.05, 0) is 18.2 Å². The quantitative estimate of drug-likeness (QED) is 0.765. The van der Waals surface area contributed by atoms with E-state index in [4.69, 9.17) is 0 Å². The molecule has 7 heteroatoms. The van der Waals surface area contributed by atoms with E-state index in [0.29, 0.717) is 5.69 Å². The number of quaternary nitrogens is 1. The van der Waals surface area contributed by atoms with Crippen molar-refractivity contribution in [1.82, 2.24) is 9.97 Å². The van der Waals surface area contributed by atoms with Gasteiger partial charge in [0.25, 0.3) is 5.91 Å². The fraction of sp³-hybridized carbons (Fsp3) is 0.333. The van der Waals surface area contributed by atoms with Crippen LogP contribution in [-0.4, -0.2) is 54.0 Å². The molecule has 2 fully saturated rings. The molecule has 25 heavy (non-hydrogen) atoms. The van der Waals surface area contributed by atoms with Gasteiger partial charge in [-0.25, -0.2) is 14.9 Å². The van der Waals surface area contributed by atoms with Crippen LogP contribution in [0, 0.1) is 0 Å². The summed E-state index contributed by atoms with van der Waals surface area (Å²) in [6.45, 7) is 3.15. The minimum atomic E-state index is -0.286. The van der Waals surface area contributed by atoms with Crippen LogP contribution in [0.3, 0.4) is 0 Å². The number of nitrogens with one attached hydrogen (secondary N) is 1. The van der Waals surface area contributed by atoms with Crippen molar-refractivity contribution in [3.63, 3.8) is 0 Å². The van der Waals surface area contributed by atoms with Gasteiger partial charge in [-0.15, -0.1) is 0 Å². The maximum atomic E-state index is 12.8. The van der Waals surface area contributed by atoms with Gasteiger partial charge in [-0.1, -0.05) is 18.2 Å². The number of carbonyl (C=O) groups excluding carboxylic acids is 2. The van der Waals surface area contributed by atoms with Crippen LogP contribution in [0.5, 0.6) is 0 Å². The molecule has 4 rings (SSSR count). The molecule has 2 saturated heterocycles. The predicted molar refractivity (Wildman–Crippen MR) is 92.3 cm³/mol. The van der Waals surface area contributed by atoms with Crippen LogP contribution in [0.25, 0.3) is 0 Å². The van der Waals surface area contributed by atoms with Gasteiger partial charge in [0.1, 0.15) is 0 Å². The number of benzene rings is 1. The lowest BCUT2D eigenvalue weighted by Crippen LogP contribution is -3.19. The first kappa shape index (κ1) is 15.7. The van der Waals surface area contributed by atoms with Crippen LogP contribution in [0.1, 0.15) is 6.42 Å². The normalized spacial score (nSPS) is 21.8. The number of hydrogen-bond acceptors (Lipinski definition) is 5. The summed E-state index contributed by atoms with van der Waals surface area (Å²) in [7, 11) is 0. The van der Waals surface area contributed by atoms with Crippen molar-refractivity contribution < 1.29 is 14.5 Å². The third-order valence-corrected chi connectivity index (χ3v) is 4.89. The molecule has 0 spiro atoms. The van der Waals surface area contributed by atoms with Gasteiger partial charge in [0, 0.05) is 12.4 Å². The number of piperazine rings is 1. The first-order valence-electron chi connectivity index (χ1n) is 8.52. The second-order valence-electron chi connectivity index (χ2n) is 6.35. The van der Waals surface area contributed by atoms with E-state index < -0.39 is 0 Å². The zero-order valence-electron chi connectivity index (χ0n) is 13.8. The SMILES string of the molecule is O=C1C[C@H]([NH+]2CCN(c3ncccn3)CC2)C(=O)N1c1ccccc1. The van der Waals surface area contributed by atoms with Crippen LogP contribution >= 0.6 is 0 Å². The summed E-state index contributed by atoms with van der Waals surface area (Å²) < 4.78 is 0. The van der Waals surface area contributed by atoms with Crippen molar-refractivity contribution in [2.45, 2.75) is 12.5 Å². The topological polar surface area (TPSA) is 70.8 Å². The summed E-state index contributed by atoms with van der Waals surface area (Å²) >= 11 is 0. The lowest BCUT2D eigenvalue weighted by Gasteiger charge is -2.34. The molecule has 1 aromatic carbocycles. The fourth-order valence-corrected chi connectivity index (χ4v) is 3.60. The highest BCUT2D eigenvalue weighted by Gasteiger charge is 2.46. The predicted octanol–water partition coefficient (Wildman–Crippen LogP) is -0.486. The Bertz CT molecular complexity index is 760. The van der Waals surface area contributed by atoms with E-state index in [9.17, 15) is 9.59 Å². The van der Waals surface area contributed by atoms with Crippen molar-refractivity contribution in [2.75, 3.05) is 36.0 Å². The van der Waals surface area contributed by atoms with Crippen molar-refractivity contribution in [1.29, 1.82) is 0 Å². The van der Waals surface area contributed by atoms with Crippen LogP contribution in [0.4, 0.5) is 11.6 Å². The lowest BCUT2D eigenvalue weighted by atomic mass is 10.2. The third kappa shape index (κ3) is 2.98. The average molecular weight is 338 g/mol. The number of amides is 2. The molecule has 7 nitrogen and oxygen atoms in total. The summed E-state index contributed by atoms with van der Waals surface area (Å²) in [6.07, 6.45) is 3.75. The Morgan fingerprint density at radius 1 is 0.960 bits per heavy atom. The van der Waals surface area contributed by atoms with Crippen LogP contribution in [0.15, 0.2) is 48.8 Å². The van der Waals surface area contributed by atoms with E-state index in [2.05, 4.69) is 14.9 Å². The van der Waals surface area contributed by atoms with E-state index >= 15 is 0 Å². The molecule has 1 atom stereocenters. The lowest BCUT2D eigenvalue weighted by molar-refractivity contribution is -0.915. The maximum absolute atomic E-state index is 12.8. The Morgan fingerprint density at radius 2 is 1.64 bits per heavy atom. The Balaban J connectivity index is 1.44. The minimum absolute atomic E-state index is 0.0874. The highest BCUT2D eigenvalue weighted by atomic mass is 16.2. The number of aromatic nitrogens is 2. The number of nitrogens with zero attached hydrogens (tertiary/aromatic N) is 4. The van der Waals surface area contributed by atoms with E-state index in [1.807, 2.05) is 18.2 Å². The molecule has 0 radical (unpaired) electrons. The minimum Gasteiger partial charge on any atom is -0.330 e. The average Bonchev–Trinajstić information content (AvgIpc) is 2.97. The first-order valence-corrected chi connectivity index (χ1v) is 8.52. The number of hydrogen-bond donors (Lipinski definition) is 1. The number of anilines is 2. The fourth-order valence-electron chi connectivity index (χ4n) is 3.60. The molecule has 128 valence electrons. The monoisotopic (exact) mass is 338 g/mol. The maximum Gasteiger partial charge on any atom is 0.292 e. The number of para-hydroxylation sites is 1. The summed E-state index contributed by atoms with van der Waals surface area (Å²) in [4.78, 5) is 38.4. The summed E-state index contributed by atoms with van der Waals surface area (Å²) in [6, 6.07) is 10.7. The smallest absolute Gasteiger partial charge is 0.292 e. The Hall–Kier alpha value is -2.80. The molecule has 1 N–H and O–H groups in total. The molecule has 0 unspecified atom stereocenters. The highest BCUT2D eigenvalue weighted by Crippen LogP contribution is 2.21. The largest absolute Gasteiger partial charge is 0.330 e. The number of imide groups is 1. The van der Waals surface area contributed by atoms with Crippen molar-refractivity contribution in [2.24, 2.45) is 0 Å². The summed E-state index contributed by atoms with van der Waals surface area (Å²) in [5.74, 6) is 0.527. The van der Waals surface area contributed by atoms with E-state index in [1.165, 1.54) is 9.80 Å². The Kier molecular flexibility index (Phi) is 4.15. The van der Waals surface area contributed by atoms with Gasteiger partial charge in [0.05, 0.1) is 38.3 Å². The van der Waals surface area contributed by atoms with E-state index in [1.54, 1.807) is 30.6 Å². The second kappa shape index (κ2) is 6.60. The molecular weight excluding hydrogens is 318 g/mol. The number of carbonyl (C=O) groups is 2. The van der Waals surface area contributed by atoms with Gasteiger partial charge < -0.3 is 9.80 Å². The molecule has 0 saturated carbocycles. The van der Waals surface area contributed by atoms with Gasteiger partial charge in [0.2, 0.25) is 11.9 Å². The van der Waals surface area contributed by atoms with Crippen LogP contribution in [-0.2, 0) is 9.59 Å². The van der Waals surface area contributed by atoms with E-state index in [-0.39, 0.29) is 24.3 Å². The molecular formula is C18H20N5O2+. The van der Waals surface area contributed by atoms with Crippen molar-refractivity contribution >= 4 is 23.5 Å². The van der Waals surface area contributed by atoms with Crippen molar-refractivity contribution in [3.05, 3.63) is 48.8 Å². The zero-order valence-corrected chi connectivity index (χ0v) is 13.8. The highest BCUT2D eigenvalue weighted by molar-refractivity contribution is 6.21. The molecule has 3 heterocycles. The van der Waals surface area contributed by atoms with Gasteiger partial charge in [0.15, 0.2) is 6.04 Å². The number of rotatable bonds is 3. The molecule has 2 aromatic rings. The second-order valence-corrected chi connectivity index (χ2v) is 6.35. The molecule has 0 aliphatic carbocycles. The summed E-state index contributed by atoms with van der Waals surface area (Å²) in [5, 5.41) is 0. The summed E-state index contributed by atoms with van der Waals surface area (Å²) in [5.41, 5.74) is 0.663. The van der Waals surface area contributed by atoms with Crippen LogP contribution < -0.4 is 14.7 Å². The molecule has 0 bridgehead atoms. The van der Waals surface area contributed by atoms with E-state index in [0.717, 1.165) is 32.1 Å². The third-order valence-electron chi connectivity index (χ3n) is 4.89. The molecule has 1 aromatic heterocycles. The van der Waals surface area contributed by atoms with Crippen molar-refractivity contribution in [3.8, 4) is 0 Å². The molecule has 2 aliphatic heterocycles. The molecule has 2 amide bonds. The zero-order chi connectivity index (χ0) is 17.2. The van der Waals surface area contributed by atoms with Crippen LogP contribution in [0.2, 0.25) is 0 Å².